The van der Waals surface area contributed by atoms with Crippen LogP contribution in [0.1, 0.15) is 391 Å². The molecule has 120 heavy (non-hydrogen) atoms. The van der Waals surface area contributed by atoms with Gasteiger partial charge < -0.3 is 52.5 Å². The Labute approximate surface area is 730 Å². The van der Waals surface area contributed by atoms with Crippen LogP contribution in [0.4, 0.5) is 0 Å². The molecule has 18 aliphatic carbocycles. The minimum absolute atomic E-state index is 0. The second kappa shape index (κ2) is 42.2. The van der Waals surface area contributed by atoms with Gasteiger partial charge in [-0.15, -0.1) is 0 Å². The van der Waals surface area contributed by atoms with Crippen molar-refractivity contribution in [3.8, 4) is 0 Å². The summed E-state index contributed by atoms with van der Waals surface area (Å²) in [5.74, 6) is 6.37. The van der Waals surface area contributed by atoms with Crippen molar-refractivity contribution in [2.45, 2.75) is 439 Å². The van der Waals surface area contributed by atoms with E-state index in [9.17, 15) is 48.3 Å². The molecule has 20 aliphatic rings. The molecule has 20 rings (SSSR count). The van der Waals surface area contributed by atoms with Crippen LogP contribution in [-0.2, 0) is 90.5 Å². The van der Waals surface area contributed by atoms with Gasteiger partial charge in [0.05, 0.1) is 57.2 Å². The average Bonchev–Trinajstić information content (AvgIpc) is 0.902. The van der Waals surface area contributed by atoms with E-state index in [2.05, 4.69) is 13.8 Å². The highest BCUT2D eigenvalue weighted by Crippen LogP contribution is 2.65. The van der Waals surface area contributed by atoms with E-state index in [0.717, 1.165) is 133 Å². The highest BCUT2D eigenvalue weighted by atomic mass is 16.7. The molecule has 20 fully saturated rings. The molecule has 0 aromatic carbocycles. The number of hydrogen-bond donors (Lipinski definition) is 1. The number of carbonyl (C=O) groups excluding carboxylic acids is 9. The van der Waals surface area contributed by atoms with Crippen molar-refractivity contribution in [2.75, 3.05) is 19.8 Å². The predicted molar refractivity (Wildman–Crippen MR) is 476 cm³/mol. The molecule has 2 aliphatic heterocycles. The van der Waals surface area contributed by atoms with Crippen molar-refractivity contribution in [1.82, 2.24) is 0 Å². The first-order chi connectivity index (χ1) is 51.6. The van der Waals surface area contributed by atoms with Gasteiger partial charge in [-0.25, -0.2) is 9.59 Å². The van der Waals surface area contributed by atoms with Crippen LogP contribution in [0.5, 0.6) is 0 Å². The lowest BCUT2D eigenvalue weighted by Gasteiger charge is -2.60. The van der Waals surface area contributed by atoms with E-state index >= 15 is 0 Å². The molecule has 0 radical (unpaired) electrons. The Bertz CT molecular complexity index is 3300. The van der Waals surface area contributed by atoms with E-state index in [1.54, 1.807) is 27.7 Å². The molecule has 0 amide bonds. The van der Waals surface area contributed by atoms with E-state index in [1.807, 2.05) is 76.2 Å². The molecule has 1 N–H and O–H groups in total. The average molecular weight is 1700 g/mol. The Balaban J connectivity index is 0.000000514. The number of cyclic esters (lactones) is 1. The smallest absolute Gasteiger partial charge is 0.347 e. The second-order valence-electron chi connectivity index (χ2n) is 42.1. The number of rotatable bonds is 23. The highest BCUT2D eigenvalue weighted by molar-refractivity contribution is 5.83. The van der Waals surface area contributed by atoms with Crippen LogP contribution in [0.25, 0.3) is 0 Å². The van der Waals surface area contributed by atoms with Crippen molar-refractivity contribution >= 4 is 53.7 Å². The lowest BCUT2D eigenvalue weighted by Crippen LogP contribution is -2.61. The Kier molecular flexibility index (Phi) is 39.1. The van der Waals surface area contributed by atoms with Crippen LogP contribution < -0.4 is 0 Å². The fraction of sp³-hybridized carbons (Fsp3) is 0.910. The number of carbonyl (C=O) groups is 9. The van der Waals surface area contributed by atoms with Crippen LogP contribution in [-0.4, -0.2) is 126 Å². The summed E-state index contributed by atoms with van der Waals surface area (Å²) in [5.41, 5.74) is -3.45. The maximum absolute atomic E-state index is 13.6. The van der Waals surface area contributed by atoms with Crippen molar-refractivity contribution in [1.29, 1.82) is 0 Å². The highest BCUT2D eigenvalue weighted by Gasteiger charge is 2.66. The van der Waals surface area contributed by atoms with Crippen molar-refractivity contribution in [3.63, 3.8) is 0 Å². The van der Waals surface area contributed by atoms with E-state index in [-0.39, 0.29) is 181 Å². The molecule has 0 spiro atoms. The second-order valence-corrected chi connectivity index (χ2v) is 42.1. The molecule has 0 aromatic heterocycles. The summed E-state index contributed by atoms with van der Waals surface area (Å²) >= 11 is 0. The first kappa shape index (κ1) is 111. The lowest BCUT2D eigenvalue weighted by molar-refractivity contribution is -0.225. The normalized spacial score (nSPS) is 36.6. The molecule has 11 atom stereocenters. The lowest BCUT2D eigenvalue weighted by atomic mass is 9.48. The van der Waals surface area contributed by atoms with E-state index < -0.39 is 63.0 Å². The minimum Gasteiger partial charge on any atom is -0.463 e. The first-order valence-corrected chi connectivity index (χ1v) is 43.7. The van der Waals surface area contributed by atoms with E-state index in [1.165, 1.54) is 77.0 Å². The molecule has 20 nitrogen and oxygen atoms in total. The molecule has 2 saturated heterocycles. The fourth-order valence-electron chi connectivity index (χ4n) is 24.6. The summed E-state index contributed by atoms with van der Waals surface area (Å²) in [6, 6.07) is 0. The maximum Gasteiger partial charge on any atom is 0.347 e. The summed E-state index contributed by atoms with van der Waals surface area (Å²) in [5, 5.41) is 10.6. The standard InChI is InChI=1S/C30H46O5.C18H30O2.C16H22O6.C16H26O3.C10H16O4.10CH4/c1-5-28(3,4)26(31)35-25-23-9-22-10-24(25)16-30(14-22,15-23)27(32)34-18(2)33-17-29-11-19-6-20(12-29)8-21(7-19)13-29;1-5-17(3,4)16(19)20-18(6-2)14-8-12-7-13(10-14)11-15(18)9-12;1-4-16(2,3)15(19)20-7-11(17)21-12-8-5-9-10(6-8)14(18)22-13(9)12;1-4-14(2,3)13(17)19-16-8-11-5-12(9-16)7-15(18,6-11)10-16;1-4-10(2,3)9(12)14-7-5-6-13-8(7)11;;;;;;;;;;/h18-25H,5-17H2,1-4H3;12-15H,5-11H2,1-4H3;8-10,12-13H,4-7H2,1-3H3;11-12,18H,4-10H2,1-3H3;7H,4-6H2,1-3H3;10*1H4. The van der Waals surface area contributed by atoms with Gasteiger partial charge in [-0.3, -0.25) is 33.6 Å². The zero-order valence-corrected chi connectivity index (χ0v) is 70.3. The van der Waals surface area contributed by atoms with E-state index in [4.69, 9.17) is 47.4 Å². The van der Waals surface area contributed by atoms with Crippen LogP contribution in [0, 0.1) is 127 Å². The Morgan fingerprint density at radius 1 is 0.458 bits per heavy atom. The molecule has 18 bridgehead atoms. The molecule has 20 heteroatoms. The molecule has 2 heterocycles. The number of esters is 9. The minimum atomic E-state index is -0.687. The molecule has 11 unspecified atom stereocenters. The maximum atomic E-state index is 13.6. The SMILES string of the molecule is C.C.C.C.C.C.C.C.C.C.CCC(C)(C)C(=O)OC1(CC)C2CC3CC(C2)CC1C3.CCC(C)(C)C(=O)OC12CC3CC(CC(O)(C3)C1)C2.CCC(C)(C)C(=O)OC1C2CC3CC1CC(C(=O)OC(C)OCC14CC5CC(CC(C5)C1)C4)(C3)C2.CCC(C)(C)C(=O)OC1CCOC1=O.CCC(C)(C)C(=O)OCC(=O)OC1C2CC3C(=O)OC1C3C2. The molecule has 0 aromatic rings. The van der Waals surface area contributed by atoms with Crippen molar-refractivity contribution in [3.05, 3.63) is 0 Å². The third kappa shape index (κ3) is 23.1. The third-order valence-corrected chi connectivity index (χ3v) is 31.9. The molecular weight excluding hydrogens is 1520 g/mol. The topological polar surface area (TPSA) is 266 Å². The fourth-order valence-corrected chi connectivity index (χ4v) is 24.6. The van der Waals surface area contributed by atoms with Crippen molar-refractivity contribution in [2.24, 2.45) is 127 Å². The summed E-state index contributed by atoms with van der Waals surface area (Å²) < 4.78 is 56.2. The van der Waals surface area contributed by atoms with Crippen LogP contribution in [0.15, 0.2) is 0 Å². The van der Waals surface area contributed by atoms with Crippen LogP contribution in [0.2, 0.25) is 0 Å². The largest absolute Gasteiger partial charge is 0.463 e. The molecular formula is C100H180O20. The molecule has 18 saturated carbocycles. The monoisotopic (exact) mass is 1700 g/mol. The van der Waals surface area contributed by atoms with E-state index in [0.29, 0.717) is 67.3 Å². The Morgan fingerprint density at radius 2 is 0.900 bits per heavy atom. The summed E-state index contributed by atoms with van der Waals surface area (Å²) in [4.78, 5) is 109. The van der Waals surface area contributed by atoms with Gasteiger partial charge in [0.25, 0.3) is 0 Å². The van der Waals surface area contributed by atoms with Crippen LogP contribution >= 0.6 is 0 Å². The summed E-state index contributed by atoms with van der Waals surface area (Å²) in [7, 11) is 0. The quantitative estimate of drug-likeness (QED) is 0.0566. The molecule has 700 valence electrons. The van der Waals surface area contributed by atoms with Gasteiger partial charge in [-0.1, -0.05) is 116 Å². The Hall–Kier alpha value is -4.85. The van der Waals surface area contributed by atoms with Gasteiger partial charge in [0.2, 0.25) is 6.10 Å². The number of fused-ring (bicyclic) bond motifs is 1. The summed E-state index contributed by atoms with van der Waals surface area (Å²) in [6.07, 6.45) is 30.2. The van der Waals surface area contributed by atoms with Gasteiger partial charge in [-0.2, -0.15) is 0 Å². The first-order valence-electron chi connectivity index (χ1n) is 43.7. The number of aliphatic hydroxyl groups is 1. The predicted octanol–water partition coefficient (Wildman–Crippen LogP) is 23.0. The van der Waals surface area contributed by atoms with Crippen LogP contribution in [0.3, 0.4) is 0 Å². The Morgan fingerprint density at radius 3 is 1.36 bits per heavy atom. The van der Waals surface area contributed by atoms with Crippen molar-refractivity contribution < 1.29 is 95.6 Å². The van der Waals surface area contributed by atoms with Gasteiger partial charge >= 0.3 is 53.7 Å². The zero-order valence-electron chi connectivity index (χ0n) is 70.3. The van der Waals surface area contributed by atoms with Gasteiger partial charge in [0.1, 0.15) is 29.5 Å². The number of hydrogen-bond acceptors (Lipinski definition) is 20. The van der Waals surface area contributed by atoms with Gasteiger partial charge in [0.15, 0.2) is 12.9 Å². The third-order valence-electron chi connectivity index (χ3n) is 31.9. The summed E-state index contributed by atoms with van der Waals surface area (Å²) in [6.45, 7) is 33.8. The van der Waals surface area contributed by atoms with Gasteiger partial charge in [-0.05, 0) is 339 Å². The zero-order chi connectivity index (χ0) is 79.9. The van der Waals surface area contributed by atoms with Gasteiger partial charge in [0, 0.05) is 24.7 Å². The number of ether oxygens (including phenoxy) is 10.